The summed E-state index contributed by atoms with van der Waals surface area (Å²) in [7, 11) is 1.78. The molecule has 0 unspecified atom stereocenters. The highest BCUT2D eigenvalue weighted by Gasteiger charge is 2.36. The topological polar surface area (TPSA) is 92.0 Å². The number of rotatable bonds is 12. The number of nitrogens with two attached hydrogens (primary N) is 1. The molecule has 1 aliphatic heterocycles. The Hall–Kier alpha value is -1.34. The molecule has 7 nitrogen and oxygen atoms in total. The molecule has 0 atom stereocenters. The van der Waals surface area contributed by atoms with E-state index in [9.17, 15) is 4.79 Å². The zero-order valence-electron chi connectivity index (χ0n) is 18.0. The number of ether oxygens (including phenoxy) is 1. The van der Waals surface area contributed by atoms with Gasteiger partial charge in [-0.15, -0.1) is 0 Å². The largest absolute Gasteiger partial charge is 0.385 e. The molecule has 0 aromatic rings. The third-order valence-electron chi connectivity index (χ3n) is 6.35. The third-order valence-corrected chi connectivity index (χ3v) is 6.35. The molecule has 2 fully saturated rings. The molecule has 1 aliphatic carbocycles. The zero-order valence-corrected chi connectivity index (χ0v) is 18.0. The van der Waals surface area contributed by atoms with E-state index in [1.54, 1.807) is 7.11 Å². The lowest BCUT2D eigenvalue weighted by Gasteiger charge is -2.40. The van der Waals surface area contributed by atoms with Crippen LogP contribution in [-0.2, 0) is 9.53 Å². The molecule has 2 aliphatic rings. The molecular formula is C21H41N5O2. The fourth-order valence-electron chi connectivity index (χ4n) is 4.18. The van der Waals surface area contributed by atoms with Crippen LogP contribution in [0.5, 0.6) is 0 Å². The van der Waals surface area contributed by atoms with Crippen LogP contribution in [0.2, 0.25) is 0 Å². The molecule has 28 heavy (non-hydrogen) atoms. The lowest BCUT2D eigenvalue weighted by Crippen LogP contribution is -2.41. The first kappa shape index (κ1) is 22.9. The van der Waals surface area contributed by atoms with Crippen LogP contribution in [0, 0.1) is 11.3 Å². The van der Waals surface area contributed by atoms with Crippen LogP contribution in [0.4, 0.5) is 0 Å². The molecule has 0 aromatic heterocycles. The van der Waals surface area contributed by atoms with Crippen molar-refractivity contribution in [3.8, 4) is 0 Å². The van der Waals surface area contributed by atoms with Gasteiger partial charge >= 0.3 is 0 Å². The van der Waals surface area contributed by atoms with Gasteiger partial charge in [0.25, 0.3) is 0 Å². The van der Waals surface area contributed by atoms with Crippen LogP contribution in [0.25, 0.3) is 0 Å². The summed E-state index contributed by atoms with van der Waals surface area (Å²) in [6.45, 7) is 8.73. The van der Waals surface area contributed by atoms with Gasteiger partial charge in [0, 0.05) is 39.3 Å². The smallest absolute Gasteiger partial charge is 0.220 e. The van der Waals surface area contributed by atoms with Crippen molar-refractivity contribution in [1.82, 2.24) is 15.5 Å². The lowest BCUT2D eigenvalue weighted by molar-refractivity contribution is -0.123. The Kier molecular flexibility index (Phi) is 10.1. The number of carbonyl (C=O) groups is 1. The minimum atomic E-state index is -0.134. The first-order chi connectivity index (χ1) is 13.6. The van der Waals surface area contributed by atoms with Gasteiger partial charge in [-0.1, -0.05) is 6.42 Å². The van der Waals surface area contributed by atoms with Crippen molar-refractivity contribution in [1.29, 1.82) is 0 Å². The summed E-state index contributed by atoms with van der Waals surface area (Å²) in [6, 6.07) is 0. The maximum Gasteiger partial charge on any atom is 0.220 e. The number of methoxy groups -OCH3 is 1. The summed E-state index contributed by atoms with van der Waals surface area (Å²) in [5.74, 6) is 0.887. The quantitative estimate of drug-likeness (QED) is 0.266. The molecule has 0 spiro atoms. The molecule has 7 heteroatoms. The van der Waals surface area contributed by atoms with Crippen molar-refractivity contribution in [2.45, 2.75) is 58.3 Å². The van der Waals surface area contributed by atoms with E-state index in [1.807, 2.05) is 0 Å². The van der Waals surface area contributed by atoms with Crippen molar-refractivity contribution >= 4 is 11.9 Å². The van der Waals surface area contributed by atoms with E-state index in [0.717, 1.165) is 83.9 Å². The predicted octanol–water partition coefficient (Wildman–Crippen LogP) is 1.73. The molecule has 0 aromatic carbocycles. The van der Waals surface area contributed by atoms with Gasteiger partial charge in [0.05, 0.1) is 0 Å². The fraction of sp³-hybridized carbons (Fsp3) is 0.905. The second kappa shape index (κ2) is 12.3. The Balaban J connectivity index is 1.63. The molecule has 162 valence electrons. The van der Waals surface area contributed by atoms with Crippen LogP contribution in [0.15, 0.2) is 4.99 Å². The number of primary amides is 1. The highest BCUT2D eigenvalue weighted by atomic mass is 16.5. The Morgan fingerprint density at radius 1 is 1.25 bits per heavy atom. The Labute approximate surface area is 170 Å². The van der Waals surface area contributed by atoms with Gasteiger partial charge in [-0.2, -0.15) is 0 Å². The number of hydrogen-bond acceptors (Lipinski definition) is 4. The summed E-state index contributed by atoms with van der Waals surface area (Å²) in [6.07, 6.45) is 9.07. The van der Waals surface area contributed by atoms with Crippen molar-refractivity contribution in [2.24, 2.45) is 22.1 Å². The number of aliphatic imine (C=N–C) groups is 1. The number of piperidine rings is 1. The van der Waals surface area contributed by atoms with Crippen molar-refractivity contribution < 1.29 is 9.53 Å². The Morgan fingerprint density at radius 2 is 2.00 bits per heavy atom. The van der Waals surface area contributed by atoms with Gasteiger partial charge in [0.2, 0.25) is 5.91 Å². The molecule has 1 amide bonds. The van der Waals surface area contributed by atoms with E-state index in [-0.39, 0.29) is 11.8 Å². The number of nitrogens with zero attached hydrogens (tertiary/aromatic N) is 2. The molecule has 1 saturated carbocycles. The number of likely N-dealkylation sites (tertiary alicyclic amines) is 1. The standard InChI is InChI=1S/C21H41N5O2/c1-3-23-20(25-17-21(9-6-10-21)11-16-28-2)24-12-4-5-13-26-14-7-18(8-15-26)19(22)27/h18H,3-17H2,1-2H3,(H2,22,27)(H2,23,24,25). The van der Waals surface area contributed by atoms with E-state index < -0.39 is 0 Å². The van der Waals surface area contributed by atoms with Gasteiger partial charge in [-0.05, 0) is 76.9 Å². The second-order valence-corrected chi connectivity index (χ2v) is 8.44. The van der Waals surface area contributed by atoms with E-state index in [0.29, 0.717) is 5.41 Å². The maximum atomic E-state index is 11.2. The first-order valence-electron chi connectivity index (χ1n) is 11.1. The van der Waals surface area contributed by atoms with Crippen LogP contribution in [0.1, 0.15) is 58.3 Å². The zero-order chi connectivity index (χ0) is 20.2. The van der Waals surface area contributed by atoms with Crippen molar-refractivity contribution in [3.63, 3.8) is 0 Å². The summed E-state index contributed by atoms with van der Waals surface area (Å²) in [4.78, 5) is 18.6. The fourth-order valence-corrected chi connectivity index (χ4v) is 4.18. The number of carbonyl (C=O) groups excluding carboxylic acids is 1. The number of hydrogen-bond donors (Lipinski definition) is 3. The molecular weight excluding hydrogens is 354 g/mol. The lowest BCUT2D eigenvalue weighted by atomic mass is 9.67. The third kappa shape index (κ3) is 7.59. The van der Waals surface area contributed by atoms with E-state index in [1.165, 1.54) is 19.3 Å². The van der Waals surface area contributed by atoms with Gasteiger partial charge in [-0.25, -0.2) is 0 Å². The number of guanidine groups is 1. The van der Waals surface area contributed by atoms with Gasteiger partial charge in [-0.3, -0.25) is 9.79 Å². The molecule has 4 N–H and O–H groups in total. The highest BCUT2D eigenvalue weighted by Crippen LogP contribution is 2.44. The minimum absolute atomic E-state index is 0.0830. The van der Waals surface area contributed by atoms with Gasteiger partial charge < -0.3 is 26.0 Å². The van der Waals surface area contributed by atoms with Crippen LogP contribution < -0.4 is 16.4 Å². The summed E-state index contributed by atoms with van der Waals surface area (Å²) in [5, 5.41) is 6.85. The van der Waals surface area contributed by atoms with E-state index in [2.05, 4.69) is 22.5 Å². The molecule has 0 bridgehead atoms. The second-order valence-electron chi connectivity index (χ2n) is 8.44. The van der Waals surface area contributed by atoms with Gasteiger partial charge in [0.15, 0.2) is 5.96 Å². The predicted molar refractivity (Wildman–Crippen MR) is 114 cm³/mol. The average molecular weight is 396 g/mol. The van der Waals surface area contributed by atoms with Crippen molar-refractivity contribution in [3.05, 3.63) is 0 Å². The summed E-state index contributed by atoms with van der Waals surface area (Å²) in [5.41, 5.74) is 5.76. The van der Waals surface area contributed by atoms with Crippen LogP contribution in [-0.4, -0.2) is 69.8 Å². The highest BCUT2D eigenvalue weighted by molar-refractivity contribution is 5.79. The first-order valence-corrected chi connectivity index (χ1v) is 11.1. The number of unbranched alkanes of at least 4 members (excludes halogenated alkanes) is 1. The monoisotopic (exact) mass is 395 g/mol. The number of nitrogens with one attached hydrogen (secondary N) is 2. The van der Waals surface area contributed by atoms with Crippen LogP contribution >= 0.6 is 0 Å². The maximum absolute atomic E-state index is 11.2. The number of amides is 1. The normalized spacial score (nSPS) is 20.6. The van der Waals surface area contributed by atoms with Crippen molar-refractivity contribution in [2.75, 3.05) is 53.0 Å². The molecule has 1 saturated heterocycles. The Morgan fingerprint density at radius 3 is 2.57 bits per heavy atom. The summed E-state index contributed by atoms with van der Waals surface area (Å²) < 4.78 is 5.28. The average Bonchev–Trinajstić information content (AvgIpc) is 2.66. The minimum Gasteiger partial charge on any atom is -0.385 e. The van der Waals surface area contributed by atoms with E-state index in [4.69, 9.17) is 15.5 Å². The Bertz CT molecular complexity index is 485. The molecule has 0 radical (unpaired) electrons. The van der Waals surface area contributed by atoms with Crippen LogP contribution in [0.3, 0.4) is 0 Å². The van der Waals surface area contributed by atoms with Gasteiger partial charge in [0.1, 0.15) is 0 Å². The van der Waals surface area contributed by atoms with E-state index >= 15 is 0 Å². The molecule has 2 rings (SSSR count). The molecule has 1 heterocycles. The SMILES string of the molecule is CCNC(=NCC1(CCOC)CCC1)NCCCCN1CCC(C(N)=O)CC1. The summed E-state index contributed by atoms with van der Waals surface area (Å²) >= 11 is 0.